The van der Waals surface area contributed by atoms with Gasteiger partial charge >= 0.3 is 5.97 Å². The Morgan fingerprint density at radius 2 is 1.36 bits per heavy atom. The molecule has 0 bridgehead atoms. The Kier molecular flexibility index (Phi) is 10.6. The van der Waals surface area contributed by atoms with Gasteiger partial charge in [-0.3, -0.25) is 4.79 Å². The Morgan fingerprint density at radius 1 is 0.766 bits per heavy atom. The van der Waals surface area contributed by atoms with Crippen LogP contribution in [0.1, 0.15) is 61.7 Å². The smallest absolute Gasteiger partial charge is 0.330 e. The minimum atomic E-state index is -0.373. The molecule has 0 atom stereocenters. The summed E-state index contributed by atoms with van der Waals surface area (Å²) in [5.41, 5.74) is 8.10. The lowest BCUT2D eigenvalue weighted by Gasteiger charge is -2.34. The second-order valence-corrected chi connectivity index (χ2v) is 13.3. The van der Waals surface area contributed by atoms with E-state index in [2.05, 4.69) is 89.3 Å². The van der Waals surface area contributed by atoms with Crippen LogP contribution in [0.4, 0.5) is 17.1 Å². The van der Waals surface area contributed by atoms with Gasteiger partial charge in [0, 0.05) is 77.2 Å². The SMILES string of the molecule is CCOC(=O)C=CCn1cc(C(=O)c2cccc([N+](C)(c3ccc(CC(C)C)cc3)c3ccc(CC(C)C)cc3)c2)c2ccccc21. The van der Waals surface area contributed by atoms with Crippen molar-refractivity contribution in [1.82, 2.24) is 9.05 Å². The van der Waals surface area contributed by atoms with E-state index in [0.29, 0.717) is 40.6 Å². The van der Waals surface area contributed by atoms with Gasteiger partial charge in [0.1, 0.15) is 17.1 Å². The van der Waals surface area contributed by atoms with Gasteiger partial charge in [-0.05, 0) is 48.8 Å². The van der Waals surface area contributed by atoms with E-state index < -0.39 is 0 Å². The van der Waals surface area contributed by atoms with Crippen LogP contribution >= 0.6 is 0 Å². The quantitative estimate of drug-likeness (QED) is 0.0565. The summed E-state index contributed by atoms with van der Waals surface area (Å²) >= 11 is 0. The number of fused-ring (bicyclic) bond motifs is 1. The van der Waals surface area contributed by atoms with Crippen molar-refractivity contribution in [3.05, 3.63) is 138 Å². The lowest BCUT2D eigenvalue weighted by Crippen LogP contribution is -2.34. The van der Waals surface area contributed by atoms with Crippen LogP contribution in [0.2, 0.25) is 0 Å². The lowest BCUT2D eigenvalue weighted by atomic mass is 9.99. The third-order valence-corrected chi connectivity index (χ3v) is 8.69. The number of hydrogen-bond acceptors (Lipinski definition) is 3. The first-order chi connectivity index (χ1) is 22.6. The normalized spacial score (nSPS) is 12.0. The number of benzene rings is 4. The predicted molar refractivity (Wildman–Crippen MR) is 195 cm³/mol. The van der Waals surface area contributed by atoms with Crippen molar-refractivity contribution in [2.75, 3.05) is 13.7 Å². The molecule has 5 nitrogen and oxygen atoms in total. The maximum atomic E-state index is 14.3. The maximum absolute atomic E-state index is 14.3. The number of carbonyl (C=O) groups excluding carboxylic acids is 2. The average molecular weight is 628 g/mol. The molecule has 0 unspecified atom stereocenters. The molecule has 0 aliphatic heterocycles. The zero-order chi connectivity index (χ0) is 33.6. The molecular formula is C42H47N2O3+. The summed E-state index contributed by atoms with van der Waals surface area (Å²) in [5, 5.41) is 0.881. The molecule has 0 aliphatic rings. The Balaban J connectivity index is 1.55. The fourth-order valence-corrected chi connectivity index (χ4v) is 6.36. The van der Waals surface area contributed by atoms with E-state index in [4.69, 9.17) is 4.74 Å². The molecule has 5 rings (SSSR count). The van der Waals surface area contributed by atoms with Crippen LogP contribution in [0.25, 0.3) is 10.9 Å². The molecule has 1 heterocycles. The zero-order valence-electron chi connectivity index (χ0n) is 28.6. The first-order valence-electron chi connectivity index (χ1n) is 16.7. The predicted octanol–water partition coefficient (Wildman–Crippen LogP) is 9.99. The Morgan fingerprint density at radius 3 is 1.94 bits per heavy atom. The van der Waals surface area contributed by atoms with E-state index >= 15 is 0 Å². The molecule has 4 aromatic carbocycles. The topological polar surface area (TPSA) is 48.3 Å². The molecule has 0 saturated heterocycles. The summed E-state index contributed by atoms with van der Waals surface area (Å²) in [6, 6.07) is 33.8. The van der Waals surface area contributed by atoms with Crippen molar-refractivity contribution in [3.63, 3.8) is 0 Å². The summed E-state index contributed by atoms with van der Waals surface area (Å²) in [7, 11) is 2.21. The van der Waals surface area contributed by atoms with Gasteiger partial charge in [0.15, 0.2) is 5.78 Å². The number of ketones is 1. The van der Waals surface area contributed by atoms with Crippen LogP contribution in [-0.4, -0.2) is 30.0 Å². The minimum Gasteiger partial charge on any atom is -0.463 e. The number of allylic oxidation sites excluding steroid dienone is 1. The molecular weight excluding hydrogens is 580 g/mol. The highest BCUT2D eigenvalue weighted by molar-refractivity contribution is 6.16. The van der Waals surface area contributed by atoms with Crippen LogP contribution < -0.4 is 4.48 Å². The summed E-state index contributed by atoms with van der Waals surface area (Å²) < 4.78 is 7.44. The highest BCUT2D eigenvalue weighted by Crippen LogP contribution is 2.42. The van der Waals surface area contributed by atoms with Crippen molar-refractivity contribution < 1.29 is 14.3 Å². The second-order valence-electron chi connectivity index (χ2n) is 13.3. The van der Waals surface area contributed by atoms with Gasteiger partial charge in [-0.25, -0.2) is 9.28 Å². The van der Waals surface area contributed by atoms with Crippen LogP contribution in [0.15, 0.2) is 115 Å². The molecule has 5 aromatic rings. The summed E-state index contributed by atoms with van der Waals surface area (Å²) in [5.74, 6) is 0.750. The van der Waals surface area contributed by atoms with Crippen molar-refractivity contribution in [1.29, 1.82) is 0 Å². The monoisotopic (exact) mass is 627 g/mol. The van der Waals surface area contributed by atoms with Gasteiger partial charge < -0.3 is 9.30 Å². The largest absolute Gasteiger partial charge is 0.463 e. The van der Waals surface area contributed by atoms with E-state index in [-0.39, 0.29) is 11.8 Å². The van der Waals surface area contributed by atoms with E-state index in [0.717, 1.165) is 40.8 Å². The number of ether oxygens (including phenoxy) is 1. The van der Waals surface area contributed by atoms with Gasteiger partial charge in [-0.1, -0.05) is 88.4 Å². The number of esters is 1. The number of carbonyl (C=O) groups is 2. The third-order valence-electron chi connectivity index (χ3n) is 8.69. The fraction of sp³-hybridized carbons (Fsp3) is 0.286. The molecule has 0 amide bonds. The molecule has 0 saturated carbocycles. The van der Waals surface area contributed by atoms with Crippen molar-refractivity contribution in [3.8, 4) is 0 Å². The minimum absolute atomic E-state index is 0.0396. The van der Waals surface area contributed by atoms with Crippen molar-refractivity contribution in [2.24, 2.45) is 11.8 Å². The standard InChI is InChI=1S/C42H47N2O3/c1-7-47-41(45)16-11-25-43-29-39(38-14-8-9-15-40(38)43)42(46)34-12-10-13-37(28-34)44(6,35-21-17-32(18-22-35)26-30(2)3)36-23-19-33(20-24-36)27-31(4)5/h8-24,28-31H,7,25-27H2,1-6H3/q+1. The van der Waals surface area contributed by atoms with Crippen LogP contribution in [0.3, 0.4) is 0 Å². The van der Waals surface area contributed by atoms with Crippen LogP contribution in [0, 0.1) is 11.8 Å². The highest BCUT2D eigenvalue weighted by Gasteiger charge is 2.32. The Bertz CT molecular complexity index is 1810. The number of quaternary nitrogens is 1. The van der Waals surface area contributed by atoms with Gasteiger partial charge in [-0.2, -0.15) is 0 Å². The zero-order valence-corrected chi connectivity index (χ0v) is 28.6. The van der Waals surface area contributed by atoms with E-state index in [1.807, 2.05) is 53.2 Å². The number of aromatic nitrogens is 1. The lowest BCUT2D eigenvalue weighted by molar-refractivity contribution is -0.137. The number of hydrogen-bond donors (Lipinski definition) is 0. The van der Waals surface area contributed by atoms with E-state index in [1.54, 1.807) is 13.0 Å². The third kappa shape index (κ3) is 7.64. The molecule has 0 fully saturated rings. The molecule has 47 heavy (non-hydrogen) atoms. The number of para-hydroxylation sites is 1. The molecule has 0 spiro atoms. The fourth-order valence-electron chi connectivity index (χ4n) is 6.36. The summed E-state index contributed by atoms with van der Waals surface area (Å²) in [6.45, 7) is 11.5. The first-order valence-corrected chi connectivity index (χ1v) is 16.7. The molecule has 0 N–H and O–H groups in total. The van der Waals surface area contributed by atoms with E-state index in [1.165, 1.54) is 17.2 Å². The van der Waals surface area contributed by atoms with Gasteiger partial charge in [0.2, 0.25) is 0 Å². The van der Waals surface area contributed by atoms with Crippen molar-refractivity contribution in [2.45, 2.75) is 54.0 Å². The van der Waals surface area contributed by atoms with Crippen LogP contribution in [-0.2, 0) is 28.9 Å². The van der Waals surface area contributed by atoms with Gasteiger partial charge in [-0.15, -0.1) is 0 Å². The maximum Gasteiger partial charge on any atom is 0.330 e. The average Bonchev–Trinajstić information content (AvgIpc) is 3.43. The van der Waals surface area contributed by atoms with E-state index in [9.17, 15) is 9.59 Å². The van der Waals surface area contributed by atoms with Crippen LogP contribution in [0.5, 0.6) is 0 Å². The Labute approximate surface area is 279 Å². The molecule has 1 aromatic heterocycles. The molecule has 242 valence electrons. The van der Waals surface area contributed by atoms with Gasteiger partial charge in [0.05, 0.1) is 13.7 Å². The summed E-state index contributed by atoms with van der Waals surface area (Å²) in [4.78, 5) is 26.1. The molecule has 0 radical (unpaired) electrons. The van der Waals surface area contributed by atoms with Crippen molar-refractivity contribution >= 4 is 39.7 Å². The highest BCUT2D eigenvalue weighted by atomic mass is 16.5. The molecule has 0 aliphatic carbocycles. The first kappa shape index (κ1) is 33.6. The second kappa shape index (κ2) is 14.8. The Hall–Kier alpha value is -4.74. The summed E-state index contributed by atoms with van der Waals surface area (Å²) in [6.07, 6.45) is 7.16. The number of rotatable bonds is 13. The number of nitrogens with zero attached hydrogens (tertiary/aromatic N) is 2. The van der Waals surface area contributed by atoms with Gasteiger partial charge in [0.25, 0.3) is 0 Å². The molecule has 5 heteroatoms.